The number of carbonyl (C=O) groups is 2. The topological polar surface area (TPSA) is 68.5 Å². The number of ether oxygens (including phenoxy) is 2. The first-order chi connectivity index (χ1) is 15.5. The van der Waals surface area contributed by atoms with Crippen LogP contribution in [0.1, 0.15) is 83.7 Å². The molecule has 0 aliphatic carbocycles. The Morgan fingerprint density at radius 3 is 2.22 bits per heavy atom. The summed E-state index contributed by atoms with van der Waals surface area (Å²) in [4.78, 5) is 23.0. The van der Waals surface area contributed by atoms with E-state index < -0.39 is 12.1 Å². The van der Waals surface area contributed by atoms with Gasteiger partial charge in [-0.25, -0.2) is 14.2 Å². The normalized spacial score (nSPS) is 10.6. The zero-order valence-corrected chi connectivity index (χ0v) is 20.2. The van der Waals surface area contributed by atoms with E-state index in [2.05, 4.69) is 35.6 Å². The average Bonchev–Trinajstić information content (AvgIpc) is 2.78. The zero-order chi connectivity index (χ0) is 23.4. The van der Waals surface area contributed by atoms with Gasteiger partial charge >= 0.3 is 12.1 Å². The van der Waals surface area contributed by atoms with Crippen LogP contribution in [0.3, 0.4) is 0 Å². The van der Waals surface area contributed by atoms with Crippen LogP contribution >= 0.6 is 0 Å². The third-order valence-corrected chi connectivity index (χ3v) is 5.34. The van der Waals surface area contributed by atoms with Gasteiger partial charge in [0.15, 0.2) is 11.9 Å². The number of aryl methyl sites for hydroxylation is 1. The van der Waals surface area contributed by atoms with Crippen LogP contribution in [0.2, 0.25) is 0 Å². The number of carbonyl (C=O) groups excluding carboxylic acids is 2. The summed E-state index contributed by atoms with van der Waals surface area (Å²) >= 11 is 0. The summed E-state index contributed by atoms with van der Waals surface area (Å²) < 4.78 is 12.2. The lowest BCUT2D eigenvalue weighted by atomic mass is 10.1. The zero-order valence-electron chi connectivity index (χ0n) is 20.2. The molecule has 1 N–H and O–H groups in total. The smallest absolute Gasteiger partial charge is 0.407 e. The summed E-state index contributed by atoms with van der Waals surface area (Å²) in [5, 5.41) is 2.75. The first kappa shape index (κ1) is 27.7. The van der Waals surface area contributed by atoms with Gasteiger partial charge in [-0.1, -0.05) is 70.9 Å². The molecule has 0 atom stereocenters. The van der Waals surface area contributed by atoms with Gasteiger partial charge in [0.1, 0.15) is 19.8 Å². The molecule has 6 heteroatoms. The van der Waals surface area contributed by atoms with Crippen LogP contribution in [0.25, 0.3) is 0 Å². The molecule has 1 rings (SSSR count). The van der Waals surface area contributed by atoms with E-state index >= 15 is 0 Å². The minimum absolute atomic E-state index is 0.0227. The highest BCUT2D eigenvalue weighted by Gasteiger charge is 2.10. The molecule has 32 heavy (non-hydrogen) atoms. The second-order valence-corrected chi connectivity index (χ2v) is 8.30. The van der Waals surface area contributed by atoms with Crippen molar-refractivity contribution in [3.8, 4) is 0 Å². The first-order valence-corrected chi connectivity index (χ1v) is 12.2. The minimum atomic E-state index is -0.506. The standard InChI is InChI=1S/C26H42N2O4/c1-4-5-6-7-8-9-10-11-12-14-19-28-20-15-13-16-24(28)17-18-27-26(30)32-22-21-31-25(29)23(2)3/h13,15-16,20H,2,4-12,14,17-19,21-22H2,1,3H3/p+1. The van der Waals surface area contributed by atoms with E-state index in [-0.39, 0.29) is 13.2 Å². The lowest BCUT2D eigenvalue weighted by molar-refractivity contribution is -0.704. The molecule has 0 aliphatic rings. The van der Waals surface area contributed by atoms with Crippen LogP contribution in [0.5, 0.6) is 0 Å². The summed E-state index contributed by atoms with van der Waals surface area (Å²) in [6.07, 6.45) is 15.6. The molecule has 0 bridgehead atoms. The summed E-state index contributed by atoms with van der Waals surface area (Å²) in [6, 6.07) is 6.17. The Morgan fingerprint density at radius 1 is 0.938 bits per heavy atom. The summed E-state index contributed by atoms with van der Waals surface area (Å²) in [5.74, 6) is -0.481. The number of rotatable bonds is 18. The number of aromatic nitrogens is 1. The summed E-state index contributed by atoms with van der Waals surface area (Å²) in [6.45, 7) is 8.87. The van der Waals surface area contributed by atoms with E-state index in [1.165, 1.54) is 69.9 Å². The predicted molar refractivity (Wildman–Crippen MR) is 127 cm³/mol. The van der Waals surface area contributed by atoms with Gasteiger partial charge in [0.05, 0.1) is 0 Å². The van der Waals surface area contributed by atoms with Crippen LogP contribution in [-0.4, -0.2) is 31.8 Å². The number of unbranched alkanes of at least 4 members (excludes halogenated alkanes) is 9. The molecule has 0 saturated carbocycles. The molecule has 0 aliphatic heterocycles. The highest BCUT2D eigenvalue weighted by Crippen LogP contribution is 2.10. The monoisotopic (exact) mass is 447 g/mol. The quantitative estimate of drug-likeness (QED) is 0.144. The van der Waals surface area contributed by atoms with Crippen LogP contribution < -0.4 is 9.88 Å². The van der Waals surface area contributed by atoms with Gasteiger partial charge in [0.25, 0.3) is 0 Å². The van der Waals surface area contributed by atoms with E-state index in [9.17, 15) is 9.59 Å². The molecule has 180 valence electrons. The van der Waals surface area contributed by atoms with Crippen molar-refractivity contribution in [2.45, 2.75) is 91.0 Å². The average molecular weight is 448 g/mol. The molecule has 6 nitrogen and oxygen atoms in total. The molecule has 1 aromatic heterocycles. The molecule has 0 unspecified atom stereocenters. The van der Waals surface area contributed by atoms with Crippen LogP contribution in [0.4, 0.5) is 4.79 Å². The molecule has 1 heterocycles. The second kappa shape index (κ2) is 18.2. The number of hydrogen-bond donors (Lipinski definition) is 1. The largest absolute Gasteiger partial charge is 0.459 e. The van der Waals surface area contributed by atoms with Gasteiger partial charge in [-0.2, -0.15) is 0 Å². The van der Waals surface area contributed by atoms with Crippen molar-refractivity contribution in [1.29, 1.82) is 0 Å². The number of nitrogens with zero attached hydrogens (tertiary/aromatic N) is 1. The fourth-order valence-electron chi connectivity index (χ4n) is 3.46. The van der Waals surface area contributed by atoms with E-state index in [4.69, 9.17) is 9.47 Å². The van der Waals surface area contributed by atoms with Crippen LogP contribution in [0.15, 0.2) is 36.5 Å². The maximum Gasteiger partial charge on any atom is 0.407 e. The Labute approximate surface area is 194 Å². The van der Waals surface area contributed by atoms with E-state index in [1.807, 2.05) is 12.1 Å². The number of esters is 1. The Morgan fingerprint density at radius 2 is 1.56 bits per heavy atom. The van der Waals surface area contributed by atoms with Gasteiger partial charge in [-0.05, 0) is 13.3 Å². The Balaban J connectivity index is 2.15. The van der Waals surface area contributed by atoms with E-state index in [1.54, 1.807) is 6.92 Å². The number of hydrogen-bond acceptors (Lipinski definition) is 4. The molecule has 0 fully saturated rings. The fourth-order valence-corrected chi connectivity index (χ4v) is 3.46. The minimum Gasteiger partial charge on any atom is -0.459 e. The lowest BCUT2D eigenvalue weighted by Gasteiger charge is -2.08. The van der Waals surface area contributed by atoms with Crippen molar-refractivity contribution in [3.63, 3.8) is 0 Å². The fraction of sp³-hybridized carbons (Fsp3) is 0.654. The van der Waals surface area contributed by atoms with E-state index in [0.717, 1.165) is 13.0 Å². The SMILES string of the molecule is C=C(C)C(=O)OCCOC(=O)NCCc1cccc[n+]1CCCCCCCCCCCC. The molecular weight excluding hydrogens is 404 g/mol. The van der Waals surface area contributed by atoms with Crippen molar-refractivity contribution < 1.29 is 23.6 Å². The molecule has 0 radical (unpaired) electrons. The number of nitrogens with one attached hydrogen (secondary N) is 1. The van der Waals surface area contributed by atoms with Crippen molar-refractivity contribution >= 4 is 12.1 Å². The van der Waals surface area contributed by atoms with Crippen LogP contribution in [-0.2, 0) is 27.2 Å². The predicted octanol–water partition coefficient (Wildman–Crippen LogP) is 5.28. The van der Waals surface area contributed by atoms with Crippen molar-refractivity contribution in [3.05, 3.63) is 42.2 Å². The van der Waals surface area contributed by atoms with Gasteiger partial charge in [0.2, 0.25) is 0 Å². The molecule has 0 spiro atoms. The Hall–Kier alpha value is -2.37. The molecule has 0 aromatic carbocycles. The third kappa shape index (κ3) is 13.8. The maximum absolute atomic E-state index is 11.8. The Bertz CT molecular complexity index is 676. The Kier molecular flexibility index (Phi) is 15.8. The van der Waals surface area contributed by atoms with E-state index in [0.29, 0.717) is 12.1 Å². The van der Waals surface area contributed by atoms with Gasteiger partial charge in [0, 0.05) is 37.1 Å². The van der Waals surface area contributed by atoms with Crippen molar-refractivity contribution in [1.82, 2.24) is 5.32 Å². The molecular formula is C26H43N2O4+. The molecule has 1 amide bonds. The lowest BCUT2D eigenvalue weighted by Crippen LogP contribution is -2.39. The van der Waals surface area contributed by atoms with Gasteiger partial charge < -0.3 is 14.8 Å². The van der Waals surface area contributed by atoms with Crippen molar-refractivity contribution in [2.24, 2.45) is 0 Å². The number of alkyl carbamates (subject to hydrolysis) is 1. The van der Waals surface area contributed by atoms with Crippen LogP contribution in [0, 0.1) is 0 Å². The summed E-state index contributed by atoms with van der Waals surface area (Å²) in [7, 11) is 0. The summed E-state index contributed by atoms with van der Waals surface area (Å²) in [5.41, 5.74) is 1.52. The molecule has 0 saturated heterocycles. The highest BCUT2D eigenvalue weighted by atomic mass is 16.6. The van der Waals surface area contributed by atoms with Gasteiger partial charge in [-0.3, -0.25) is 0 Å². The highest BCUT2D eigenvalue weighted by molar-refractivity contribution is 5.86. The molecule has 1 aromatic rings. The van der Waals surface area contributed by atoms with Crippen molar-refractivity contribution in [2.75, 3.05) is 19.8 Å². The second-order valence-electron chi connectivity index (χ2n) is 8.30. The van der Waals surface area contributed by atoms with Gasteiger partial charge in [-0.15, -0.1) is 0 Å². The third-order valence-electron chi connectivity index (χ3n) is 5.34. The number of pyridine rings is 1. The number of amides is 1. The maximum atomic E-state index is 11.8. The first-order valence-electron chi connectivity index (χ1n) is 12.2.